The smallest absolute Gasteiger partial charge is 0.299 e. The van der Waals surface area contributed by atoms with Gasteiger partial charge in [-0.25, -0.2) is 0 Å². The zero-order chi connectivity index (χ0) is 11.5. The Morgan fingerprint density at radius 1 is 1.56 bits per heavy atom. The van der Waals surface area contributed by atoms with Crippen molar-refractivity contribution in [2.24, 2.45) is 4.99 Å². The molecule has 0 atom stereocenters. The maximum absolute atomic E-state index is 11.2. The summed E-state index contributed by atoms with van der Waals surface area (Å²) >= 11 is 0. The van der Waals surface area contributed by atoms with Crippen molar-refractivity contribution in [1.82, 2.24) is 4.90 Å². The van der Waals surface area contributed by atoms with Gasteiger partial charge in [-0.15, -0.1) is 0 Å². The first-order valence-electron chi connectivity index (χ1n) is 4.69. The van der Waals surface area contributed by atoms with Crippen LogP contribution in [0.1, 0.15) is 5.56 Å². The van der Waals surface area contributed by atoms with Gasteiger partial charge in [0.1, 0.15) is 0 Å². The average Bonchev–Trinajstić information content (AvgIpc) is 2.61. The summed E-state index contributed by atoms with van der Waals surface area (Å²) in [7, 11) is 1.60. The van der Waals surface area contributed by atoms with Crippen LogP contribution in [0, 0.1) is 11.3 Å². The first-order chi connectivity index (χ1) is 7.70. The van der Waals surface area contributed by atoms with Crippen molar-refractivity contribution < 1.29 is 9.53 Å². The summed E-state index contributed by atoms with van der Waals surface area (Å²) in [6.07, 6.45) is 0. The number of nitrogens with zero attached hydrogens (tertiary/aromatic N) is 3. The second kappa shape index (κ2) is 4.03. The second-order valence-electron chi connectivity index (χ2n) is 3.30. The van der Waals surface area contributed by atoms with Gasteiger partial charge in [-0.05, 0) is 18.2 Å². The lowest BCUT2D eigenvalue weighted by molar-refractivity contribution is -0.124. The van der Waals surface area contributed by atoms with Gasteiger partial charge in [0.15, 0.2) is 6.61 Å². The lowest BCUT2D eigenvalue weighted by Gasteiger charge is -2.05. The normalized spacial score (nSPS) is 17.4. The van der Waals surface area contributed by atoms with Crippen molar-refractivity contribution in [2.75, 3.05) is 13.7 Å². The van der Waals surface area contributed by atoms with E-state index in [1.807, 2.05) is 6.07 Å². The summed E-state index contributed by atoms with van der Waals surface area (Å²) in [4.78, 5) is 16.7. The van der Waals surface area contributed by atoms with E-state index < -0.39 is 0 Å². The van der Waals surface area contributed by atoms with E-state index in [-0.39, 0.29) is 18.5 Å². The third-order valence-corrected chi connectivity index (χ3v) is 2.19. The summed E-state index contributed by atoms with van der Waals surface area (Å²) in [5.41, 5.74) is 1.12. The van der Waals surface area contributed by atoms with E-state index >= 15 is 0 Å². The topological polar surface area (TPSA) is 65.7 Å². The van der Waals surface area contributed by atoms with Crippen molar-refractivity contribution >= 4 is 17.6 Å². The van der Waals surface area contributed by atoms with Crippen LogP contribution in [0.5, 0.6) is 0 Å². The van der Waals surface area contributed by atoms with Crippen LogP contribution in [0.3, 0.4) is 0 Å². The molecule has 0 radical (unpaired) electrons. The summed E-state index contributed by atoms with van der Waals surface area (Å²) < 4.78 is 5.10. The zero-order valence-corrected chi connectivity index (χ0v) is 8.67. The highest BCUT2D eigenvalue weighted by molar-refractivity contribution is 6.00. The molecule has 1 heterocycles. The van der Waals surface area contributed by atoms with Crippen LogP contribution in [0.15, 0.2) is 29.3 Å². The molecule has 80 valence electrons. The van der Waals surface area contributed by atoms with E-state index in [0.717, 1.165) is 0 Å². The highest BCUT2D eigenvalue weighted by Gasteiger charge is 2.25. The third-order valence-electron chi connectivity index (χ3n) is 2.19. The Balaban J connectivity index is 2.30. The fraction of sp³-hybridized carbons (Fsp3) is 0.182. The number of hydrogen-bond donors (Lipinski definition) is 0. The average molecular weight is 215 g/mol. The fourth-order valence-corrected chi connectivity index (χ4v) is 1.29. The maximum Gasteiger partial charge on any atom is 0.299 e. The molecule has 16 heavy (non-hydrogen) atoms. The number of aliphatic imine (C=N–C) groups is 1. The lowest BCUT2D eigenvalue weighted by Crippen LogP contribution is -2.24. The van der Waals surface area contributed by atoms with Crippen LogP contribution in [0.4, 0.5) is 5.69 Å². The van der Waals surface area contributed by atoms with Crippen molar-refractivity contribution in [3.05, 3.63) is 29.8 Å². The Bertz CT molecular complexity index is 502. The van der Waals surface area contributed by atoms with Gasteiger partial charge >= 0.3 is 0 Å². The quantitative estimate of drug-likeness (QED) is 0.702. The summed E-state index contributed by atoms with van der Waals surface area (Å²) in [5.74, 6) is -0.129. The number of ether oxygens (including phenoxy) is 1. The van der Waals surface area contributed by atoms with Crippen LogP contribution in [0.2, 0.25) is 0 Å². The second-order valence-corrected chi connectivity index (χ2v) is 3.30. The van der Waals surface area contributed by atoms with Crippen molar-refractivity contribution in [3.8, 4) is 6.07 Å². The minimum Gasteiger partial charge on any atom is -0.454 e. The highest BCUT2D eigenvalue weighted by atomic mass is 16.5. The molecular formula is C11H9N3O2. The number of benzene rings is 1. The highest BCUT2D eigenvalue weighted by Crippen LogP contribution is 2.16. The molecule has 1 amide bonds. The molecular weight excluding hydrogens is 206 g/mol. The van der Waals surface area contributed by atoms with Gasteiger partial charge in [0.05, 0.1) is 17.3 Å². The van der Waals surface area contributed by atoms with Crippen LogP contribution in [0.25, 0.3) is 0 Å². The van der Waals surface area contributed by atoms with Gasteiger partial charge in [0, 0.05) is 7.05 Å². The molecule has 1 aliphatic heterocycles. The van der Waals surface area contributed by atoms with Gasteiger partial charge in [-0.1, -0.05) is 6.07 Å². The maximum atomic E-state index is 11.2. The number of amides is 1. The Hall–Kier alpha value is -2.35. The monoisotopic (exact) mass is 215 g/mol. The van der Waals surface area contributed by atoms with Gasteiger partial charge in [-0.2, -0.15) is 10.3 Å². The van der Waals surface area contributed by atoms with Gasteiger partial charge in [0.2, 0.25) is 0 Å². The molecule has 1 aliphatic rings. The fourth-order valence-electron chi connectivity index (χ4n) is 1.29. The Labute approximate surface area is 92.6 Å². The molecule has 1 saturated heterocycles. The molecule has 0 spiro atoms. The van der Waals surface area contributed by atoms with E-state index in [4.69, 9.17) is 10.00 Å². The van der Waals surface area contributed by atoms with Gasteiger partial charge < -0.3 is 4.74 Å². The number of rotatable bonds is 1. The van der Waals surface area contributed by atoms with Crippen molar-refractivity contribution in [2.45, 2.75) is 0 Å². The number of carbonyl (C=O) groups excluding carboxylic acids is 1. The van der Waals surface area contributed by atoms with E-state index in [9.17, 15) is 4.79 Å². The SMILES string of the molecule is CN1C(=O)COC1=Nc1cccc(C#N)c1. The Kier molecular flexibility index (Phi) is 2.56. The van der Waals surface area contributed by atoms with E-state index in [1.54, 1.807) is 31.3 Å². The van der Waals surface area contributed by atoms with E-state index in [1.165, 1.54) is 4.90 Å². The number of likely N-dealkylation sites (N-methyl/N-ethyl adjacent to an activating group) is 1. The van der Waals surface area contributed by atoms with E-state index in [0.29, 0.717) is 11.3 Å². The van der Waals surface area contributed by atoms with Crippen LogP contribution in [-0.4, -0.2) is 30.5 Å². The molecule has 0 aromatic heterocycles. The lowest BCUT2D eigenvalue weighted by atomic mass is 10.2. The van der Waals surface area contributed by atoms with Gasteiger partial charge in [-0.3, -0.25) is 9.69 Å². The summed E-state index contributed by atoms with van der Waals surface area (Å²) in [5, 5.41) is 8.72. The molecule has 0 aliphatic carbocycles. The van der Waals surface area contributed by atoms with Crippen LogP contribution in [-0.2, 0) is 9.53 Å². The van der Waals surface area contributed by atoms with Crippen molar-refractivity contribution in [3.63, 3.8) is 0 Å². The number of amidine groups is 1. The van der Waals surface area contributed by atoms with E-state index in [2.05, 4.69) is 4.99 Å². The molecule has 2 rings (SSSR count). The number of nitriles is 1. The zero-order valence-electron chi connectivity index (χ0n) is 8.67. The minimum absolute atomic E-state index is 0.0211. The predicted molar refractivity (Wildman–Crippen MR) is 57.0 cm³/mol. The van der Waals surface area contributed by atoms with Crippen molar-refractivity contribution in [1.29, 1.82) is 5.26 Å². The molecule has 1 aromatic rings. The molecule has 5 heteroatoms. The first-order valence-corrected chi connectivity index (χ1v) is 4.69. The standard InChI is InChI=1S/C11H9N3O2/c1-14-10(15)7-16-11(14)13-9-4-2-3-8(5-9)6-12/h2-5H,7H2,1H3. The number of hydrogen-bond acceptors (Lipinski definition) is 4. The van der Waals surface area contributed by atoms with Crippen LogP contribution < -0.4 is 0 Å². The molecule has 1 fully saturated rings. The number of carbonyl (C=O) groups is 1. The molecule has 0 N–H and O–H groups in total. The Morgan fingerprint density at radius 2 is 2.38 bits per heavy atom. The summed E-state index contributed by atoms with van der Waals surface area (Å²) in [6.45, 7) is 0.0211. The molecule has 0 unspecified atom stereocenters. The Morgan fingerprint density at radius 3 is 3.00 bits per heavy atom. The molecule has 1 aromatic carbocycles. The predicted octanol–water partition coefficient (Wildman–Crippen LogP) is 1.03. The van der Waals surface area contributed by atoms with Crippen LogP contribution >= 0.6 is 0 Å². The van der Waals surface area contributed by atoms with Gasteiger partial charge in [0.25, 0.3) is 11.9 Å². The largest absolute Gasteiger partial charge is 0.454 e. The molecule has 5 nitrogen and oxygen atoms in total. The summed E-state index contributed by atoms with van der Waals surface area (Å²) in [6, 6.07) is 9.08. The first kappa shape index (κ1) is 10.2. The third kappa shape index (κ3) is 1.86. The minimum atomic E-state index is -0.129. The molecule has 0 bridgehead atoms. The molecule has 0 saturated carbocycles.